The van der Waals surface area contributed by atoms with Gasteiger partial charge in [0.15, 0.2) is 0 Å². The number of nitrogens with one attached hydrogen (secondary N) is 2. The van der Waals surface area contributed by atoms with Gasteiger partial charge in [-0.2, -0.15) is 0 Å². The van der Waals surface area contributed by atoms with Gasteiger partial charge < -0.3 is 19.5 Å². The van der Waals surface area contributed by atoms with E-state index in [2.05, 4.69) is 17.2 Å². The van der Waals surface area contributed by atoms with Gasteiger partial charge >= 0.3 is 0 Å². The summed E-state index contributed by atoms with van der Waals surface area (Å²) in [6.07, 6.45) is 0.321. The number of hydrogen-bond donors (Lipinski definition) is 3. The lowest BCUT2D eigenvalue weighted by Gasteiger charge is -2.19. The van der Waals surface area contributed by atoms with E-state index < -0.39 is 11.9 Å². The molecule has 0 spiro atoms. The minimum absolute atomic E-state index is 0.0315. The maximum atomic E-state index is 12.6. The van der Waals surface area contributed by atoms with Crippen LogP contribution in [0.2, 0.25) is 0 Å². The fourth-order valence-electron chi connectivity index (χ4n) is 2.73. The van der Waals surface area contributed by atoms with Crippen molar-refractivity contribution >= 4 is 11.8 Å². The highest BCUT2D eigenvalue weighted by Crippen LogP contribution is 2.07. The van der Waals surface area contributed by atoms with Gasteiger partial charge in [0.1, 0.15) is 13.4 Å². The maximum Gasteiger partial charge on any atom is 0.251 e. The van der Waals surface area contributed by atoms with Crippen LogP contribution in [-0.2, 0) is 25.6 Å². The molecule has 2 aromatic carbocycles. The van der Waals surface area contributed by atoms with Crippen LogP contribution in [0.1, 0.15) is 34.3 Å². The third kappa shape index (κ3) is 9.73. The van der Waals surface area contributed by atoms with Gasteiger partial charge in [0.25, 0.3) is 5.91 Å². The van der Waals surface area contributed by atoms with Gasteiger partial charge in [-0.1, -0.05) is 42.2 Å². The van der Waals surface area contributed by atoms with Gasteiger partial charge in [-0.25, -0.2) is 5.48 Å². The molecule has 32 heavy (non-hydrogen) atoms. The molecule has 0 fully saturated rings. The van der Waals surface area contributed by atoms with Crippen molar-refractivity contribution in [2.75, 3.05) is 27.1 Å². The predicted molar refractivity (Wildman–Crippen MR) is 118 cm³/mol. The van der Waals surface area contributed by atoms with Crippen LogP contribution in [-0.4, -0.2) is 50.2 Å². The summed E-state index contributed by atoms with van der Waals surface area (Å²) in [7, 11) is 1.57. The van der Waals surface area contributed by atoms with Crippen LogP contribution in [0.5, 0.6) is 0 Å². The topological polar surface area (TPSA) is 106 Å². The molecule has 2 rings (SSSR count). The quantitative estimate of drug-likeness (QED) is 0.154. The number of carbonyl (C=O) groups is 2. The number of hydroxylamine groups is 1. The van der Waals surface area contributed by atoms with Crippen LogP contribution in [0.25, 0.3) is 0 Å². The zero-order valence-corrected chi connectivity index (χ0v) is 18.0. The van der Waals surface area contributed by atoms with E-state index in [1.165, 1.54) is 0 Å². The molecular formula is C24H28N2O6. The largest absolute Gasteiger partial charge is 0.372 e. The zero-order chi connectivity index (χ0) is 23.0. The van der Waals surface area contributed by atoms with Crippen molar-refractivity contribution in [3.05, 3.63) is 71.3 Å². The normalized spacial score (nSPS) is 11.2. The fourth-order valence-corrected chi connectivity index (χ4v) is 2.73. The van der Waals surface area contributed by atoms with Gasteiger partial charge in [0.2, 0.25) is 5.91 Å². The number of hydrogen-bond acceptors (Lipinski definition) is 6. The minimum atomic E-state index is -0.538. The zero-order valence-electron chi connectivity index (χ0n) is 18.0. The molecule has 0 radical (unpaired) electrons. The molecule has 170 valence electrons. The Morgan fingerprint density at radius 1 is 1.06 bits per heavy atom. The molecule has 0 saturated carbocycles. The molecule has 1 unspecified atom stereocenters. The summed E-state index contributed by atoms with van der Waals surface area (Å²) in [4.78, 5) is 24.0. The lowest BCUT2D eigenvalue weighted by atomic mass is 10.1. The van der Waals surface area contributed by atoms with Gasteiger partial charge in [0, 0.05) is 24.7 Å². The Balaban J connectivity index is 1.85. The third-order valence-electron chi connectivity index (χ3n) is 4.37. The van der Waals surface area contributed by atoms with E-state index in [0.717, 1.165) is 11.1 Å². The summed E-state index contributed by atoms with van der Waals surface area (Å²) >= 11 is 0. The van der Waals surface area contributed by atoms with E-state index in [-0.39, 0.29) is 32.1 Å². The highest BCUT2D eigenvalue weighted by atomic mass is 16.7. The van der Waals surface area contributed by atoms with Crippen LogP contribution in [0, 0.1) is 11.8 Å². The third-order valence-corrected chi connectivity index (χ3v) is 4.37. The fraction of sp³-hybridized carbons (Fsp3) is 0.333. The lowest BCUT2D eigenvalue weighted by Crippen LogP contribution is -2.39. The Hall–Kier alpha value is -3.22. The molecule has 0 aromatic heterocycles. The van der Waals surface area contributed by atoms with Crippen molar-refractivity contribution < 1.29 is 29.0 Å². The number of carbonyl (C=O) groups excluding carboxylic acids is 2. The Morgan fingerprint density at radius 2 is 1.81 bits per heavy atom. The van der Waals surface area contributed by atoms with Crippen LogP contribution < -0.4 is 10.8 Å². The second kappa shape index (κ2) is 14.7. The van der Waals surface area contributed by atoms with Crippen LogP contribution >= 0.6 is 0 Å². The Bertz CT molecular complexity index is 890. The van der Waals surface area contributed by atoms with E-state index >= 15 is 0 Å². The number of amides is 2. The van der Waals surface area contributed by atoms with Crippen LogP contribution in [0.15, 0.2) is 54.6 Å². The Morgan fingerprint density at radius 3 is 2.50 bits per heavy atom. The monoisotopic (exact) mass is 440 g/mol. The molecule has 0 aliphatic heterocycles. The minimum Gasteiger partial charge on any atom is -0.372 e. The van der Waals surface area contributed by atoms with Crippen molar-refractivity contribution in [2.45, 2.75) is 25.5 Å². The number of ether oxygens (including phenoxy) is 3. The molecule has 0 bridgehead atoms. The summed E-state index contributed by atoms with van der Waals surface area (Å²) in [5.74, 6) is 4.94. The SMILES string of the molecule is COCC#Cc1ccc(C(=O)NC(CCC(=O)NO)COCOCc2ccccc2)cc1. The number of benzene rings is 2. The molecule has 0 heterocycles. The molecule has 8 heteroatoms. The number of methoxy groups -OCH3 is 1. The Kier molecular flexibility index (Phi) is 11.5. The first-order valence-corrected chi connectivity index (χ1v) is 10.1. The molecule has 0 aliphatic rings. The molecule has 3 N–H and O–H groups in total. The van der Waals surface area contributed by atoms with Gasteiger partial charge in [-0.05, 0) is 36.2 Å². The molecule has 1 atom stereocenters. The summed E-state index contributed by atoms with van der Waals surface area (Å²) in [6, 6.07) is 16.1. The van der Waals surface area contributed by atoms with E-state index in [0.29, 0.717) is 18.8 Å². The molecule has 0 aliphatic carbocycles. The smallest absolute Gasteiger partial charge is 0.251 e. The van der Waals surface area contributed by atoms with Gasteiger partial charge in [0.05, 0.1) is 19.3 Å². The van der Waals surface area contributed by atoms with Crippen molar-refractivity contribution in [2.24, 2.45) is 0 Å². The van der Waals surface area contributed by atoms with Crippen molar-refractivity contribution in [3.63, 3.8) is 0 Å². The Labute approximate surface area is 187 Å². The van der Waals surface area contributed by atoms with E-state index in [1.54, 1.807) is 36.9 Å². The summed E-state index contributed by atoms with van der Waals surface area (Å²) in [5, 5.41) is 11.6. The van der Waals surface area contributed by atoms with Crippen molar-refractivity contribution in [1.82, 2.24) is 10.8 Å². The van der Waals surface area contributed by atoms with Crippen LogP contribution in [0.4, 0.5) is 0 Å². The van der Waals surface area contributed by atoms with E-state index in [1.807, 2.05) is 30.3 Å². The molecule has 8 nitrogen and oxygen atoms in total. The van der Waals surface area contributed by atoms with E-state index in [4.69, 9.17) is 19.4 Å². The molecular weight excluding hydrogens is 412 g/mol. The first-order valence-electron chi connectivity index (χ1n) is 10.1. The van der Waals surface area contributed by atoms with Gasteiger partial charge in [-0.3, -0.25) is 14.8 Å². The number of rotatable bonds is 12. The molecule has 2 amide bonds. The summed E-state index contributed by atoms with van der Waals surface area (Å²) < 4.78 is 15.9. The average molecular weight is 440 g/mol. The standard InChI is InChI=1S/C24H28N2O6/c1-30-15-5-8-19-9-11-21(12-10-19)24(28)25-22(13-14-23(27)26-29)17-32-18-31-16-20-6-3-2-4-7-20/h2-4,6-7,9-12,22,29H,13-18H2,1H3,(H,25,28)(H,26,27). The maximum absolute atomic E-state index is 12.6. The van der Waals surface area contributed by atoms with Crippen LogP contribution in [0.3, 0.4) is 0 Å². The second-order valence-electron chi connectivity index (χ2n) is 6.88. The summed E-state index contributed by atoms with van der Waals surface area (Å²) in [5.41, 5.74) is 3.84. The average Bonchev–Trinajstić information content (AvgIpc) is 2.83. The lowest BCUT2D eigenvalue weighted by molar-refractivity contribution is -0.129. The van der Waals surface area contributed by atoms with Crippen molar-refractivity contribution in [1.29, 1.82) is 0 Å². The summed E-state index contributed by atoms with van der Waals surface area (Å²) in [6.45, 7) is 0.937. The molecule has 0 saturated heterocycles. The van der Waals surface area contributed by atoms with Gasteiger partial charge in [-0.15, -0.1) is 0 Å². The van der Waals surface area contributed by atoms with Crippen molar-refractivity contribution in [3.8, 4) is 11.8 Å². The molecule has 2 aromatic rings. The second-order valence-corrected chi connectivity index (χ2v) is 6.88. The highest BCUT2D eigenvalue weighted by Gasteiger charge is 2.16. The first kappa shape index (κ1) is 25.0. The highest BCUT2D eigenvalue weighted by molar-refractivity contribution is 5.94. The first-order chi connectivity index (χ1) is 15.6. The van der Waals surface area contributed by atoms with E-state index in [9.17, 15) is 9.59 Å². The predicted octanol–water partition coefficient (Wildman–Crippen LogP) is 2.26.